The molecule has 1 amide bonds. The molecule has 0 saturated heterocycles. The van der Waals surface area contributed by atoms with Crippen LogP contribution >= 0.6 is 0 Å². The van der Waals surface area contributed by atoms with Crippen LogP contribution in [0.4, 0.5) is 4.39 Å². The molecule has 0 saturated carbocycles. The molecule has 0 spiro atoms. The largest absolute Gasteiger partial charge is 0.461 e. The molecule has 0 aliphatic carbocycles. The molecule has 0 fully saturated rings. The molecule has 0 bridgehead atoms. The van der Waals surface area contributed by atoms with E-state index >= 15 is 0 Å². The highest BCUT2D eigenvalue weighted by molar-refractivity contribution is 5.80. The highest BCUT2D eigenvalue weighted by Crippen LogP contribution is 2.21. The maximum Gasteiger partial charge on any atom is 0.225 e. The van der Waals surface area contributed by atoms with Gasteiger partial charge in [0.1, 0.15) is 18.1 Å². The second-order valence-corrected chi connectivity index (χ2v) is 8.73. The number of hydrogen-bond acceptors (Lipinski definition) is 4. The maximum atomic E-state index is 12.7. The van der Waals surface area contributed by atoms with Gasteiger partial charge < -0.3 is 15.4 Å². The van der Waals surface area contributed by atoms with E-state index in [9.17, 15) is 9.18 Å². The van der Waals surface area contributed by atoms with Gasteiger partial charge in [-0.1, -0.05) is 72.3 Å². The van der Waals surface area contributed by atoms with Crippen LogP contribution in [0.2, 0.25) is 0 Å². The zero-order valence-corrected chi connectivity index (χ0v) is 23.5. The number of halogens is 1. The Morgan fingerprint density at radius 3 is 2.53 bits per heavy atom. The lowest BCUT2D eigenvalue weighted by atomic mass is 9.94. The number of carbonyl (C=O) groups is 1. The lowest BCUT2D eigenvalue weighted by Gasteiger charge is -2.22. The topological polar surface area (TPSA) is 63.2 Å². The number of hydrogen-bond donors (Lipinski definition) is 2. The molecule has 0 radical (unpaired) electrons. The molecular weight excluding hydrogens is 453 g/mol. The fourth-order valence-corrected chi connectivity index (χ4v) is 3.75. The van der Waals surface area contributed by atoms with Crippen molar-refractivity contribution in [3.63, 3.8) is 0 Å². The van der Waals surface area contributed by atoms with E-state index in [0.29, 0.717) is 40.9 Å². The lowest BCUT2D eigenvalue weighted by molar-refractivity contribution is -0.120. The highest BCUT2D eigenvalue weighted by Gasteiger charge is 2.17. The fraction of sp³-hybridized carbons (Fsp3) is 0.533. The van der Waals surface area contributed by atoms with Crippen LogP contribution in [0.15, 0.2) is 42.8 Å². The van der Waals surface area contributed by atoms with Crippen molar-refractivity contribution in [2.45, 2.75) is 86.6 Å². The first kappa shape index (κ1) is 33.3. The van der Waals surface area contributed by atoms with Crippen LogP contribution in [0, 0.1) is 5.92 Å². The summed E-state index contributed by atoms with van der Waals surface area (Å²) < 4.78 is 18.4. The van der Waals surface area contributed by atoms with Crippen molar-refractivity contribution in [1.29, 1.82) is 0 Å². The smallest absolute Gasteiger partial charge is 0.225 e. The molecule has 0 aromatic carbocycles. The SMILES string of the molecule is C=Cc1ccc(/C(=C/C)OC(=C)C)nc1/C=C(\C)NC(=O)CC(CC(C)CCCC)NCCF.CC. The number of nitrogens with one attached hydrogen (secondary N) is 2. The van der Waals surface area contributed by atoms with Gasteiger partial charge in [-0.3, -0.25) is 4.79 Å². The average molecular weight is 502 g/mol. The Hall–Kier alpha value is -2.73. The number of carbonyl (C=O) groups excluding carboxylic acids is 1. The van der Waals surface area contributed by atoms with Crippen molar-refractivity contribution in [2.24, 2.45) is 5.92 Å². The van der Waals surface area contributed by atoms with E-state index in [1.165, 1.54) is 0 Å². The van der Waals surface area contributed by atoms with Gasteiger partial charge in [-0.05, 0) is 56.9 Å². The molecule has 2 N–H and O–H groups in total. The van der Waals surface area contributed by atoms with Gasteiger partial charge in [-0.15, -0.1) is 0 Å². The number of nitrogens with zero attached hydrogens (tertiary/aromatic N) is 1. The molecular formula is C30H48FN3O2. The van der Waals surface area contributed by atoms with Crippen molar-refractivity contribution in [3.8, 4) is 0 Å². The summed E-state index contributed by atoms with van der Waals surface area (Å²) in [6.45, 7) is 21.3. The third-order valence-corrected chi connectivity index (χ3v) is 5.36. The van der Waals surface area contributed by atoms with Gasteiger partial charge in [0, 0.05) is 24.7 Å². The van der Waals surface area contributed by atoms with Crippen molar-refractivity contribution in [1.82, 2.24) is 15.6 Å². The standard InChI is InChI=1S/C28H42FN3O2.C2H6/c1-8-11-12-21(6)17-24(30-16-15-29)19-28(33)31-22(7)18-26-23(9-2)13-14-25(32-26)27(10-3)34-20(4)5;1-2/h9-10,13-14,18,21,24,30H,2,4,8,11-12,15-17,19H2,1,3,5-7H3,(H,31,33);1-2H3/b22-18+,27-10-;. The summed E-state index contributed by atoms with van der Waals surface area (Å²) in [4.78, 5) is 17.4. The highest BCUT2D eigenvalue weighted by atomic mass is 19.1. The zero-order chi connectivity index (χ0) is 27.5. The number of pyridine rings is 1. The summed E-state index contributed by atoms with van der Waals surface area (Å²) in [5.74, 6) is 1.55. The van der Waals surface area contributed by atoms with E-state index in [1.54, 1.807) is 13.0 Å². The van der Waals surface area contributed by atoms with Crippen LogP contribution < -0.4 is 10.6 Å². The van der Waals surface area contributed by atoms with Gasteiger partial charge in [-0.2, -0.15) is 0 Å². The van der Waals surface area contributed by atoms with Crippen molar-refractivity contribution in [2.75, 3.05) is 13.2 Å². The first-order valence-electron chi connectivity index (χ1n) is 13.1. The number of ether oxygens (including phenoxy) is 1. The third-order valence-electron chi connectivity index (χ3n) is 5.36. The van der Waals surface area contributed by atoms with Crippen molar-refractivity contribution >= 4 is 23.8 Å². The first-order chi connectivity index (χ1) is 17.2. The van der Waals surface area contributed by atoms with E-state index in [-0.39, 0.29) is 18.5 Å². The zero-order valence-electron chi connectivity index (χ0n) is 23.5. The second-order valence-electron chi connectivity index (χ2n) is 8.73. The Morgan fingerprint density at radius 1 is 1.28 bits per heavy atom. The van der Waals surface area contributed by atoms with E-state index in [0.717, 1.165) is 31.2 Å². The molecule has 36 heavy (non-hydrogen) atoms. The summed E-state index contributed by atoms with van der Waals surface area (Å²) in [6, 6.07) is 3.72. The van der Waals surface area contributed by atoms with Gasteiger partial charge in [0.2, 0.25) is 5.91 Å². The quantitative estimate of drug-likeness (QED) is 0.228. The van der Waals surface area contributed by atoms with Crippen molar-refractivity contribution < 1.29 is 13.9 Å². The minimum atomic E-state index is -0.448. The number of alkyl halides is 1. The monoisotopic (exact) mass is 501 g/mol. The van der Waals surface area contributed by atoms with Crippen LogP contribution in [0.3, 0.4) is 0 Å². The predicted octanol–water partition coefficient (Wildman–Crippen LogP) is 7.67. The van der Waals surface area contributed by atoms with Crippen LogP contribution in [-0.4, -0.2) is 30.2 Å². The van der Waals surface area contributed by atoms with Crippen LogP contribution in [-0.2, 0) is 9.53 Å². The maximum absolute atomic E-state index is 12.7. The molecule has 1 aromatic heterocycles. The summed E-state index contributed by atoms with van der Waals surface area (Å²) in [7, 11) is 0. The summed E-state index contributed by atoms with van der Waals surface area (Å²) >= 11 is 0. The number of rotatable bonds is 16. The van der Waals surface area contributed by atoms with E-state index < -0.39 is 6.67 Å². The second kappa shape index (κ2) is 19.5. The summed E-state index contributed by atoms with van der Waals surface area (Å²) in [5, 5.41) is 6.13. The lowest BCUT2D eigenvalue weighted by Crippen LogP contribution is -2.37. The Bertz CT molecular complexity index is 877. The van der Waals surface area contributed by atoms with Crippen molar-refractivity contribution in [3.05, 3.63) is 59.8 Å². The molecule has 202 valence electrons. The number of aromatic nitrogens is 1. The Kier molecular flexibility index (Phi) is 18.0. The minimum Gasteiger partial charge on any atom is -0.461 e. The Balaban J connectivity index is 0.00000596. The minimum absolute atomic E-state index is 0.0582. The molecule has 1 rings (SSSR count). The Labute approximate surface area is 219 Å². The van der Waals surface area contributed by atoms with Gasteiger partial charge in [-0.25, -0.2) is 9.37 Å². The van der Waals surface area contributed by atoms with E-state index in [4.69, 9.17) is 9.72 Å². The van der Waals surface area contributed by atoms with E-state index in [1.807, 2.05) is 52.0 Å². The number of unbranched alkanes of at least 4 members (excludes halogenated alkanes) is 1. The van der Waals surface area contributed by atoms with Crippen LogP contribution in [0.1, 0.15) is 97.5 Å². The third kappa shape index (κ3) is 13.4. The first-order valence-corrected chi connectivity index (χ1v) is 13.1. The van der Waals surface area contributed by atoms with E-state index in [2.05, 4.69) is 37.6 Å². The molecule has 1 heterocycles. The normalized spacial score (nSPS) is 13.2. The fourth-order valence-electron chi connectivity index (χ4n) is 3.75. The molecule has 0 aliphatic heterocycles. The number of allylic oxidation sites excluding steroid dienone is 3. The Morgan fingerprint density at radius 2 is 1.97 bits per heavy atom. The molecule has 5 nitrogen and oxygen atoms in total. The molecule has 1 aromatic rings. The summed E-state index contributed by atoms with van der Waals surface area (Å²) in [5.41, 5.74) is 2.85. The van der Waals surface area contributed by atoms with Gasteiger partial charge >= 0.3 is 0 Å². The molecule has 2 atom stereocenters. The molecule has 6 heteroatoms. The van der Waals surface area contributed by atoms with Crippen LogP contribution in [0.25, 0.3) is 17.9 Å². The molecule has 2 unspecified atom stereocenters. The van der Waals surface area contributed by atoms with Gasteiger partial charge in [0.25, 0.3) is 0 Å². The van der Waals surface area contributed by atoms with Crippen LogP contribution in [0.5, 0.6) is 0 Å². The molecule has 0 aliphatic rings. The average Bonchev–Trinajstić information content (AvgIpc) is 2.85. The number of amides is 1. The van der Waals surface area contributed by atoms with Gasteiger partial charge in [0.05, 0.1) is 11.5 Å². The summed E-state index contributed by atoms with van der Waals surface area (Å²) in [6.07, 6.45) is 9.93. The predicted molar refractivity (Wildman–Crippen MR) is 153 cm³/mol. The van der Waals surface area contributed by atoms with Gasteiger partial charge in [0.15, 0.2) is 0 Å².